The first-order valence-corrected chi connectivity index (χ1v) is 7.33. The molecule has 0 unspecified atom stereocenters. The molecule has 0 atom stereocenters. The number of nitrogens with zero attached hydrogens (tertiary/aromatic N) is 1. The van der Waals surface area contributed by atoms with Crippen molar-refractivity contribution in [2.24, 2.45) is 0 Å². The maximum absolute atomic E-state index is 12.0. The quantitative estimate of drug-likeness (QED) is 0.601. The van der Waals surface area contributed by atoms with Crippen LogP contribution in [-0.2, 0) is 0 Å². The zero-order valence-electron chi connectivity index (χ0n) is 12.4. The Bertz CT molecular complexity index is 449. The third-order valence-corrected chi connectivity index (χ3v) is 3.60. The molecule has 20 heavy (non-hydrogen) atoms. The molecule has 0 fully saturated rings. The normalized spacial score (nSPS) is 11.1. The van der Waals surface area contributed by atoms with Crippen molar-refractivity contribution in [3.63, 3.8) is 0 Å². The maximum atomic E-state index is 12.0. The predicted octanol–water partition coefficient (Wildman–Crippen LogP) is 2.77. The highest BCUT2D eigenvalue weighted by Gasteiger charge is 2.09. The van der Waals surface area contributed by atoms with Crippen molar-refractivity contribution in [3.8, 4) is 0 Å². The molecule has 0 saturated heterocycles. The molecule has 1 rings (SSSR count). The standard InChI is InChI=1S/C15H24ClN3O/c1-11(2)19(3)9-5-4-8-18-15(20)13-10-12(16)6-7-14(13)17/h6-7,10-11H,4-5,8-9,17H2,1-3H3,(H,18,20). The van der Waals surface area contributed by atoms with Crippen molar-refractivity contribution in [1.29, 1.82) is 0 Å². The first kappa shape index (κ1) is 16.8. The number of carbonyl (C=O) groups excluding carboxylic acids is 1. The largest absolute Gasteiger partial charge is 0.398 e. The minimum absolute atomic E-state index is 0.165. The minimum Gasteiger partial charge on any atom is -0.398 e. The number of nitrogen functional groups attached to an aromatic ring is 1. The van der Waals surface area contributed by atoms with Crippen LogP contribution in [0.5, 0.6) is 0 Å². The number of anilines is 1. The lowest BCUT2D eigenvalue weighted by atomic mass is 10.1. The van der Waals surface area contributed by atoms with Gasteiger partial charge >= 0.3 is 0 Å². The van der Waals surface area contributed by atoms with Gasteiger partial charge < -0.3 is 16.0 Å². The van der Waals surface area contributed by atoms with E-state index in [1.165, 1.54) is 0 Å². The molecule has 0 aromatic heterocycles. The van der Waals surface area contributed by atoms with Crippen LogP contribution in [0.4, 0.5) is 5.69 Å². The van der Waals surface area contributed by atoms with Gasteiger partial charge in [0.2, 0.25) is 0 Å². The summed E-state index contributed by atoms with van der Waals surface area (Å²) in [5.74, 6) is -0.165. The van der Waals surface area contributed by atoms with Crippen LogP contribution in [0.2, 0.25) is 5.02 Å². The van der Waals surface area contributed by atoms with Gasteiger partial charge in [0, 0.05) is 23.3 Å². The molecule has 0 saturated carbocycles. The first-order valence-electron chi connectivity index (χ1n) is 6.95. The van der Waals surface area contributed by atoms with Crippen molar-refractivity contribution >= 4 is 23.2 Å². The summed E-state index contributed by atoms with van der Waals surface area (Å²) in [4.78, 5) is 14.3. The molecule has 0 aliphatic carbocycles. The average Bonchev–Trinajstić information content (AvgIpc) is 2.40. The Balaban J connectivity index is 2.32. The van der Waals surface area contributed by atoms with E-state index in [0.29, 0.717) is 28.9 Å². The van der Waals surface area contributed by atoms with Crippen molar-refractivity contribution in [3.05, 3.63) is 28.8 Å². The Morgan fingerprint density at radius 2 is 2.10 bits per heavy atom. The van der Waals surface area contributed by atoms with Crippen LogP contribution in [0, 0.1) is 0 Å². The third-order valence-electron chi connectivity index (χ3n) is 3.36. The number of benzene rings is 1. The molecule has 0 bridgehead atoms. The van der Waals surface area contributed by atoms with E-state index in [-0.39, 0.29) is 5.91 Å². The van der Waals surface area contributed by atoms with E-state index in [1.807, 2.05) is 0 Å². The number of unbranched alkanes of at least 4 members (excludes halogenated alkanes) is 1. The molecule has 112 valence electrons. The summed E-state index contributed by atoms with van der Waals surface area (Å²) < 4.78 is 0. The lowest BCUT2D eigenvalue weighted by Crippen LogP contribution is -2.29. The molecule has 3 N–H and O–H groups in total. The van der Waals surface area contributed by atoms with Crippen LogP contribution in [-0.4, -0.2) is 37.0 Å². The topological polar surface area (TPSA) is 58.4 Å². The first-order chi connectivity index (χ1) is 9.41. The maximum Gasteiger partial charge on any atom is 0.253 e. The van der Waals surface area contributed by atoms with E-state index in [0.717, 1.165) is 19.4 Å². The highest BCUT2D eigenvalue weighted by molar-refractivity contribution is 6.31. The van der Waals surface area contributed by atoms with Crippen molar-refractivity contribution in [2.45, 2.75) is 32.7 Å². The van der Waals surface area contributed by atoms with Gasteiger partial charge in [-0.3, -0.25) is 4.79 Å². The van der Waals surface area contributed by atoms with Gasteiger partial charge in [-0.1, -0.05) is 11.6 Å². The van der Waals surface area contributed by atoms with E-state index in [4.69, 9.17) is 17.3 Å². The molecule has 4 nitrogen and oxygen atoms in total. The number of hydrogen-bond donors (Lipinski definition) is 2. The molecule has 0 aliphatic heterocycles. The van der Waals surface area contributed by atoms with Gasteiger partial charge in [0.05, 0.1) is 5.56 Å². The van der Waals surface area contributed by atoms with Gasteiger partial charge in [0.1, 0.15) is 0 Å². The number of nitrogens with one attached hydrogen (secondary N) is 1. The van der Waals surface area contributed by atoms with Crippen LogP contribution < -0.4 is 11.1 Å². The van der Waals surface area contributed by atoms with Crippen LogP contribution in [0.25, 0.3) is 0 Å². The van der Waals surface area contributed by atoms with Gasteiger partial charge in [0.15, 0.2) is 0 Å². The summed E-state index contributed by atoms with van der Waals surface area (Å²) in [6.45, 7) is 6.02. The van der Waals surface area contributed by atoms with Crippen LogP contribution >= 0.6 is 11.6 Å². The Hall–Kier alpha value is -1.26. The molecule has 0 spiro atoms. The van der Waals surface area contributed by atoms with Gasteiger partial charge in [-0.2, -0.15) is 0 Å². The van der Waals surface area contributed by atoms with Crippen LogP contribution in [0.3, 0.4) is 0 Å². The number of carbonyl (C=O) groups is 1. The molecule has 1 aromatic carbocycles. The third kappa shape index (κ3) is 5.39. The van der Waals surface area contributed by atoms with Gasteiger partial charge in [-0.25, -0.2) is 0 Å². The number of nitrogens with two attached hydrogens (primary N) is 1. The second-order valence-corrected chi connectivity index (χ2v) is 5.71. The fourth-order valence-corrected chi connectivity index (χ4v) is 1.94. The number of hydrogen-bond acceptors (Lipinski definition) is 3. The second-order valence-electron chi connectivity index (χ2n) is 5.27. The highest BCUT2D eigenvalue weighted by atomic mass is 35.5. The van der Waals surface area contributed by atoms with Crippen molar-refractivity contribution in [2.75, 3.05) is 25.9 Å². The lowest BCUT2D eigenvalue weighted by molar-refractivity contribution is 0.0953. The van der Waals surface area contributed by atoms with Gasteiger partial charge in [0.25, 0.3) is 5.91 Å². The fourth-order valence-electron chi connectivity index (χ4n) is 1.77. The molecule has 0 radical (unpaired) electrons. The Kier molecular flexibility index (Phi) is 6.82. The minimum atomic E-state index is -0.165. The summed E-state index contributed by atoms with van der Waals surface area (Å²) in [5, 5.41) is 3.39. The fraction of sp³-hybridized carbons (Fsp3) is 0.533. The summed E-state index contributed by atoms with van der Waals surface area (Å²) in [6.07, 6.45) is 2.00. The summed E-state index contributed by atoms with van der Waals surface area (Å²) in [6, 6.07) is 5.47. The Morgan fingerprint density at radius 1 is 1.40 bits per heavy atom. The van der Waals surface area contributed by atoms with Crippen molar-refractivity contribution in [1.82, 2.24) is 10.2 Å². The molecule has 0 heterocycles. The smallest absolute Gasteiger partial charge is 0.253 e. The molecule has 5 heteroatoms. The van der Waals surface area contributed by atoms with Gasteiger partial charge in [-0.15, -0.1) is 0 Å². The lowest BCUT2D eigenvalue weighted by Gasteiger charge is -2.20. The van der Waals surface area contributed by atoms with Crippen molar-refractivity contribution < 1.29 is 4.79 Å². The van der Waals surface area contributed by atoms with E-state index >= 15 is 0 Å². The summed E-state index contributed by atoms with van der Waals surface area (Å²) >= 11 is 5.87. The molecular weight excluding hydrogens is 274 g/mol. The Labute approximate surface area is 126 Å². The monoisotopic (exact) mass is 297 g/mol. The second kappa shape index (κ2) is 8.12. The summed E-state index contributed by atoms with van der Waals surface area (Å²) in [5.41, 5.74) is 6.66. The predicted molar refractivity (Wildman–Crippen MR) is 85.2 cm³/mol. The highest BCUT2D eigenvalue weighted by Crippen LogP contribution is 2.17. The molecular formula is C15H24ClN3O. The summed E-state index contributed by atoms with van der Waals surface area (Å²) in [7, 11) is 2.11. The number of rotatable bonds is 7. The zero-order chi connectivity index (χ0) is 15.1. The van der Waals surface area contributed by atoms with Crippen LogP contribution in [0.1, 0.15) is 37.0 Å². The van der Waals surface area contributed by atoms with Crippen LogP contribution in [0.15, 0.2) is 18.2 Å². The van der Waals surface area contributed by atoms with E-state index in [2.05, 4.69) is 31.1 Å². The Morgan fingerprint density at radius 3 is 2.75 bits per heavy atom. The van der Waals surface area contributed by atoms with E-state index in [9.17, 15) is 4.79 Å². The van der Waals surface area contributed by atoms with Gasteiger partial charge in [-0.05, 0) is 58.5 Å². The molecule has 1 aromatic rings. The SMILES string of the molecule is CC(C)N(C)CCCCNC(=O)c1cc(Cl)ccc1N. The van der Waals surface area contributed by atoms with E-state index in [1.54, 1.807) is 18.2 Å². The molecule has 0 aliphatic rings. The van der Waals surface area contributed by atoms with E-state index < -0.39 is 0 Å². The number of halogens is 1. The molecule has 1 amide bonds. The average molecular weight is 298 g/mol. The zero-order valence-corrected chi connectivity index (χ0v) is 13.2. The number of amides is 1.